The van der Waals surface area contributed by atoms with Crippen molar-refractivity contribution in [1.29, 1.82) is 0 Å². The first-order valence-corrected chi connectivity index (χ1v) is 7.92. The lowest BCUT2D eigenvalue weighted by atomic mass is 10.1. The van der Waals surface area contributed by atoms with E-state index in [1.165, 1.54) is 4.88 Å². The molecule has 0 fully saturated rings. The molecule has 4 nitrogen and oxygen atoms in total. The van der Waals surface area contributed by atoms with Crippen molar-refractivity contribution in [3.05, 3.63) is 39.8 Å². The summed E-state index contributed by atoms with van der Waals surface area (Å²) in [6, 6.07) is 6.11. The van der Waals surface area contributed by atoms with Crippen LogP contribution in [0.3, 0.4) is 0 Å². The molecule has 1 atom stereocenters. The summed E-state index contributed by atoms with van der Waals surface area (Å²) in [6.07, 6.45) is 1.69. The predicted molar refractivity (Wildman–Crippen MR) is 86.4 cm³/mol. The van der Waals surface area contributed by atoms with Crippen molar-refractivity contribution in [2.24, 2.45) is 5.73 Å². The zero-order valence-electron chi connectivity index (χ0n) is 12.8. The Hall–Kier alpha value is -1.59. The van der Waals surface area contributed by atoms with E-state index < -0.39 is 0 Å². The SMILES string of the molecule is COc1ccc(CC(C)N)cc1OCCc1scnc1C. The minimum Gasteiger partial charge on any atom is -0.493 e. The second-order valence-corrected chi connectivity index (χ2v) is 6.07. The first kappa shape index (κ1) is 15.8. The maximum atomic E-state index is 5.89. The van der Waals surface area contributed by atoms with E-state index in [0.29, 0.717) is 6.61 Å². The van der Waals surface area contributed by atoms with Gasteiger partial charge in [0.15, 0.2) is 11.5 Å². The van der Waals surface area contributed by atoms with E-state index in [4.69, 9.17) is 15.2 Å². The molecule has 2 rings (SSSR count). The van der Waals surface area contributed by atoms with Crippen LogP contribution < -0.4 is 15.2 Å². The van der Waals surface area contributed by atoms with Gasteiger partial charge >= 0.3 is 0 Å². The van der Waals surface area contributed by atoms with Crippen molar-refractivity contribution in [2.45, 2.75) is 32.7 Å². The van der Waals surface area contributed by atoms with Crippen LogP contribution in [0.15, 0.2) is 23.7 Å². The van der Waals surface area contributed by atoms with Crippen LogP contribution in [0.25, 0.3) is 0 Å². The molecule has 0 aliphatic rings. The lowest BCUT2D eigenvalue weighted by molar-refractivity contribution is 0.298. The van der Waals surface area contributed by atoms with Crippen molar-refractivity contribution in [3.63, 3.8) is 0 Å². The van der Waals surface area contributed by atoms with Gasteiger partial charge in [0.2, 0.25) is 0 Å². The average Bonchev–Trinajstić information content (AvgIpc) is 2.84. The minimum absolute atomic E-state index is 0.131. The normalized spacial score (nSPS) is 12.2. The molecule has 21 heavy (non-hydrogen) atoms. The summed E-state index contributed by atoms with van der Waals surface area (Å²) < 4.78 is 11.2. The molecule has 0 aliphatic carbocycles. The maximum absolute atomic E-state index is 5.89. The number of aryl methyl sites for hydroxylation is 1. The molecule has 0 radical (unpaired) electrons. The molecule has 1 aromatic heterocycles. The Balaban J connectivity index is 2.01. The Morgan fingerprint density at radius 3 is 2.76 bits per heavy atom. The minimum atomic E-state index is 0.131. The van der Waals surface area contributed by atoms with E-state index in [1.807, 2.05) is 37.6 Å². The predicted octanol–water partition coefficient (Wildman–Crippen LogP) is 2.97. The molecule has 0 bridgehead atoms. The van der Waals surface area contributed by atoms with Crippen LogP contribution in [0.1, 0.15) is 23.1 Å². The topological polar surface area (TPSA) is 57.4 Å². The van der Waals surface area contributed by atoms with Crippen LogP contribution in [0, 0.1) is 6.92 Å². The lowest BCUT2D eigenvalue weighted by Crippen LogP contribution is -2.17. The number of methoxy groups -OCH3 is 1. The van der Waals surface area contributed by atoms with Crippen LogP contribution in [-0.2, 0) is 12.8 Å². The summed E-state index contributed by atoms with van der Waals surface area (Å²) in [5.41, 5.74) is 9.96. The van der Waals surface area contributed by atoms with Crippen LogP contribution in [0.2, 0.25) is 0 Å². The largest absolute Gasteiger partial charge is 0.493 e. The summed E-state index contributed by atoms with van der Waals surface area (Å²) >= 11 is 1.67. The molecule has 0 saturated carbocycles. The zero-order chi connectivity index (χ0) is 15.2. The third-order valence-corrected chi connectivity index (χ3v) is 4.21. The molecule has 1 aromatic carbocycles. The number of thiazole rings is 1. The molecule has 114 valence electrons. The summed E-state index contributed by atoms with van der Waals surface area (Å²) in [6.45, 7) is 4.63. The third-order valence-electron chi connectivity index (χ3n) is 3.22. The molecule has 1 heterocycles. The van der Waals surface area contributed by atoms with Gasteiger partial charge in [0.1, 0.15) is 0 Å². The van der Waals surface area contributed by atoms with Gasteiger partial charge < -0.3 is 15.2 Å². The van der Waals surface area contributed by atoms with E-state index in [9.17, 15) is 0 Å². The van der Waals surface area contributed by atoms with Gasteiger partial charge in [-0.3, -0.25) is 0 Å². The highest BCUT2D eigenvalue weighted by Crippen LogP contribution is 2.28. The smallest absolute Gasteiger partial charge is 0.161 e. The van der Waals surface area contributed by atoms with Gasteiger partial charge in [-0.1, -0.05) is 6.07 Å². The summed E-state index contributed by atoms with van der Waals surface area (Å²) in [5.74, 6) is 1.53. The van der Waals surface area contributed by atoms with Crippen LogP contribution >= 0.6 is 11.3 Å². The maximum Gasteiger partial charge on any atom is 0.161 e. The monoisotopic (exact) mass is 306 g/mol. The summed E-state index contributed by atoms with van der Waals surface area (Å²) in [7, 11) is 1.65. The molecule has 0 amide bonds. The van der Waals surface area contributed by atoms with E-state index in [2.05, 4.69) is 4.98 Å². The number of nitrogens with zero attached hydrogens (tertiary/aromatic N) is 1. The second-order valence-electron chi connectivity index (χ2n) is 5.13. The van der Waals surface area contributed by atoms with E-state index in [0.717, 1.165) is 35.6 Å². The highest BCUT2D eigenvalue weighted by molar-refractivity contribution is 7.09. The van der Waals surface area contributed by atoms with E-state index >= 15 is 0 Å². The number of nitrogens with two attached hydrogens (primary N) is 1. The van der Waals surface area contributed by atoms with E-state index in [1.54, 1.807) is 18.4 Å². The van der Waals surface area contributed by atoms with Crippen LogP contribution in [0.4, 0.5) is 0 Å². The number of hydrogen-bond acceptors (Lipinski definition) is 5. The molecule has 1 unspecified atom stereocenters. The zero-order valence-corrected chi connectivity index (χ0v) is 13.6. The lowest BCUT2D eigenvalue weighted by Gasteiger charge is -2.13. The van der Waals surface area contributed by atoms with Gasteiger partial charge in [-0.2, -0.15) is 0 Å². The fraction of sp³-hybridized carbons (Fsp3) is 0.438. The van der Waals surface area contributed by atoms with Gasteiger partial charge in [0.05, 0.1) is 24.9 Å². The number of ether oxygens (including phenoxy) is 2. The fourth-order valence-corrected chi connectivity index (χ4v) is 2.91. The van der Waals surface area contributed by atoms with Crippen LogP contribution in [-0.4, -0.2) is 24.7 Å². The molecule has 2 N–H and O–H groups in total. The summed E-state index contributed by atoms with van der Waals surface area (Å²) in [4.78, 5) is 5.51. The van der Waals surface area contributed by atoms with Crippen molar-refractivity contribution >= 4 is 11.3 Å². The number of rotatable bonds is 7. The first-order chi connectivity index (χ1) is 10.1. The molecular formula is C16H22N2O2S. The molecular weight excluding hydrogens is 284 g/mol. The second kappa shape index (κ2) is 7.43. The number of benzene rings is 1. The Bertz CT molecular complexity index is 581. The van der Waals surface area contributed by atoms with Crippen molar-refractivity contribution in [1.82, 2.24) is 4.98 Å². The van der Waals surface area contributed by atoms with Gasteiger partial charge in [-0.15, -0.1) is 11.3 Å². The van der Waals surface area contributed by atoms with Gasteiger partial charge in [-0.05, 0) is 38.0 Å². The Morgan fingerprint density at radius 1 is 1.33 bits per heavy atom. The summed E-state index contributed by atoms with van der Waals surface area (Å²) in [5, 5.41) is 0. The van der Waals surface area contributed by atoms with Gasteiger partial charge in [0.25, 0.3) is 0 Å². The molecule has 0 spiro atoms. The Morgan fingerprint density at radius 2 is 2.14 bits per heavy atom. The van der Waals surface area contributed by atoms with Crippen molar-refractivity contribution in [3.8, 4) is 11.5 Å². The Labute approximate surface area is 129 Å². The average molecular weight is 306 g/mol. The molecule has 2 aromatic rings. The first-order valence-electron chi connectivity index (χ1n) is 7.04. The van der Waals surface area contributed by atoms with Crippen molar-refractivity contribution < 1.29 is 9.47 Å². The highest BCUT2D eigenvalue weighted by atomic mass is 32.1. The van der Waals surface area contributed by atoms with Gasteiger partial charge in [-0.25, -0.2) is 4.98 Å². The highest BCUT2D eigenvalue weighted by Gasteiger charge is 2.08. The van der Waals surface area contributed by atoms with Crippen LogP contribution in [0.5, 0.6) is 11.5 Å². The molecule has 5 heteroatoms. The number of aromatic nitrogens is 1. The van der Waals surface area contributed by atoms with Gasteiger partial charge in [0, 0.05) is 17.3 Å². The standard InChI is InChI=1S/C16H22N2O2S/c1-11(17)8-13-4-5-14(19-3)15(9-13)20-7-6-16-12(2)18-10-21-16/h4-5,9-11H,6-8,17H2,1-3H3. The molecule has 0 aliphatic heterocycles. The quantitative estimate of drug-likeness (QED) is 0.854. The van der Waals surface area contributed by atoms with E-state index in [-0.39, 0.29) is 6.04 Å². The third kappa shape index (κ3) is 4.44. The Kier molecular flexibility index (Phi) is 5.59. The molecule has 0 saturated heterocycles. The van der Waals surface area contributed by atoms with Crippen molar-refractivity contribution in [2.75, 3.05) is 13.7 Å². The fourth-order valence-electron chi connectivity index (χ4n) is 2.15. The number of hydrogen-bond donors (Lipinski definition) is 1.